The van der Waals surface area contributed by atoms with Gasteiger partial charge in [0.1, 0.15) is 11.5 Å². The lowest BCUT2D eigenvalue weighted by Gasteiger charge is -2.16. The van der Waals surface area contributed by atoms with Crippen LogP contribution in [-0.4, -0.2) is 75.9 Å². The average molecular weight is 506 g/mol. The summed E-state index contributed by atoms with van der Waals surface area (Å²) in [5, 5.41) is 10.3. The molecular weight excluding hydrogens is 477 g/mol. The number of fused-ring (bicyclic) bond motifs is 1. The minimum Gasteiger partial charge on any atom is -0.380 e. The third-order valence-corrected chi connectivity index (χ3v) is 6.50. The van der Waals surface area contributed by atoms with E-state index in [9.17, 15) is 14.0 Å². The maximum Gasteiger partial charge on any atom is 0.257 e. The molecule has 0 radical (unpaired) electrons. The standard InChI is InChI=1S/C26H28FN7O3/c1-33-14-19(13-30-33)22-11-17-9-18(12-29-24(17)31-22)26(36)32-23-10-16(3-4-21(23)27)25(35)28-6-8-34-7-5-20(15-34)37-2/h3-4,9-14,20H,5-8,15H2,1-2H3,(H,28,35)(H,29,31)(H,32,36)/t20-/m1/s1. The van der Waals surface area contributed by atoms with Crippen LogP contribution in [0.4, 0.5) is 10.1 Å². The van der Waals surface area contributed by atoms with Gasteiger partial charge in [0.05, 0.1) is 29.2 Å². The molecule has 0 spiro atoms. The van der Waals surface area contributed by atoms with E-state index in [1.54, 1.807) is 24.1 Å². The highest BCUT2D eigenvalue weighted by atomic mass is 19.1. The van der Waals surface area contributed by atoms with Crippen LogP contribution in [0, 0.1) is 5.82 Å². The van der Waals surface area contributed by atoms with Crippen molar-refractivity contribution in [2.45, 2.75) is 12.5 Å². The van der Waals surface area contributed by atoms with Crippen LogP contribution in [-0.2, 0) is 11.8 Å². The molecule has 3 N–H and O–H groups in total. The van der Waals surface area contributed by atoms with Crippen molar-refractivity contribution in [3.63, 3.8) is 0 Å². The average Bonchev–Trinajstić information content (AvgIpc) is 3.64. The van der Waals surface area contributed by atoms with Crippen molar-refractivity contribution in [2.24, 2.45) is 7.05 Å². The van der Waals surface area contributed by atoms with Crippen molar-refractivity contribution < 1.29 is 18.7 Å². The Morgan fingerprint density at radius 1 is 1.19 bits per heavy atom. The fourth-order valence-corrected chi connectivity index (χ4v) is 4.43. The predicted molar refractivity (Wildman–Crippen MR) is 137 cm³/mol. The number of ether oxygens (including phenoxy) is 1. The van der Waals surface area contributed by atoms with Gasteiger partial charge < -0.3 is 20.4 Å². The molecule has 1 aliphatic rings. The van der Waals surface area contributed by atoms with E-state index in [2.05, 4.69) is 30.6 Å². The maximum absolute atomic E-state index is 14.5. The number of aromatic amines is 1. The summed E-state index contributed by atoms with van der Waals surface area (Å²) in [6.45, 7) is 2.92. The van der Waals surface area contributed by atoms with Crippen LogP contribution in [0.5, 0.6) is 0 Å². The molecule has 0 saturated carbocycles. The number of aryl methyl sites for hydroxylation is 1. The fraction of sp³-hybridized carbons (Fsp3) is 0.308. The number of hydrogen-bond acceptors (Lipinski definition) is 6. The zero-order chi connectivity index (χ0) is 25.9. The Kier molecular flexibility index (Phi) is 6.97. The number of rotatable bonds is 8. The normalized spacial score (nSPS) is 15.8. The summed E-state index contributed by atoms with van der Waals surface area (Å²) in [6, 6.07) is 7.45. The highest BCUT2D eigenvalue weighted by Crippen LogP contribution is 2.24. The first kappa shape index (κ1) is 24.6. The largest absolute Gasteiger partial charge is 0.380 e. The van der Waals surface area contributed by atoms with Gasteiger partial charge in [-0.25, -0.2) is 9.37 Å². The summed E-state index contributed by atoms with van der Waals surface area (Å²) in [7, 11) is 3.53. The van der Waals surface area contributed by atoms with Gasteiger partial charge in [-0.1, -0.05) is 0 Å². The Balaban J connectivity index is 1.23. The molecule has 1 saturated heterocycles. The summed E-state index contributed by atoms with van der Waals surface area (Å²) in [4.78, 5) is 35.3. The molecular formula is C26H28FN7O3. The van der Waals surface area contributed by atoms with Crippen molar-refractivity contribution in [3.05, 3.63) is 65.9 Å². The number of nitrogens with one attached hydrogen (secondary N) is 3. The summed E-state index contributed by atoms with van der Waals surface area (Å²) in [6.07, 6.45) is 6.22. The maximum atomic E-state index is 14.5. The summed E-state index contributed by atoms with van der Waals surface area (Å²) in [5.41, 5.74) is 2.77. The first-order chi connectivity index (χ1) is 17.9. The van der Waals surface area contributed by atoms with E-state index in [0.29, 0.717) is 18.7 Å². The van der Waals surface area contributed by atoms with Crippen LogP contribution >= 0.6 is 0 Å². The number of halogens is 1. The molecule has 2 amide bonds. The zero-order valence-corrected chi connectivity index (χ0v) is 20.6. The molecule has 1 fully saturated rings. The second-order valence-corrected chi connectivity index (χ2v) is 9.10. The van der Waals surface area contributed by atoms with Crippen LogP contribution in [0.25, 0.3) is 22.3 Å². The topological polar surface area (TPSA) is 117 Å². The summed E-state index contributed by atoms with van der Waals surface area (Å²) >= 11 is 0. The fourth-order valence-electron chi connectivity index (χ4n) is 4.43. The molecule has 0 unspecified atom stereocenters. The van der Waals surface area contributed by atoms with Crippen LogP contribution in [0.3, 0.4) is 0 Å². The van der Waals surface area contributed by atoms with Crippen molar-refractivity contribution in [1.29, 1.82) is 0 Å². The van der Waals surface area contributed by atoms with Gasteiger partial charge in [0.25, 0.3) is 11.8 Å². The number of nitrogens with zero attached hydrogens (tertiary/aromatic N) is 4. The minimum absolute atomic E-state index is 0.0784. The van der Waals surface area contributed by atoms with Crippen molar-refractivity contribution in [1.82, 2.24) is 30.0 Å². The Hall–Kier alpha value is -4.09. The quantitative estimate of drug-likeness (QED) is 0.339. The molecule has 10 nitrogen and oxygen atoms in total. The van der Waals surface area contributed by atoms with E-state index in [1.807, 2.05) is 19.3 Å². The van der Waals surface area contributed by atoms with Gasteiger partial charge in [-0.2, -0.15) is 5.10 Å². The minimum atomic E-state index is -0.637. The van der Waals surface area contributed by atoms with Gasteiger partial charge in [0, 0.05) is 69.2 Å². The van der Waals surface area contributed by atoms with E-state index < -0.39 is 11.7 Å². The van der Waals surface area contributed by atoms with Gasteiger partial charge in [0.15, 0.2) is 0 Å². The molecule has 5 rings (SSSR count). The van der Waals surface area contributed by atoms with E-state index in [0.717, 1.165) is 36.2 Å². The van der Waals surface area contributed by atoms with Crippen LogP contribution in [0.15, 0.2) is 48.9 Å². The SMILES string of the molecule is CO[C@@H]1CCN(CCNC(=O)c2ccc(F)c(NC(=O)c3cnc4[nH]c(-c5cnn(C)c5)cc4c3)c2)C1. The Bertz CT molecular complexity index is 1450. The number of aromatic nitrogens is 4. The first-order valence-electron chi connectivity index (χ1n) is 12.0. The van der Waals surface area contributed by atoms with Gasteiger partial charge in [-0.05, 0) is 36.8 Å². The number of benzene rings is 1. The van der Waals surface area contributed by atoms with E-state index >= 15 is 0 Å². The number of carbonyl (C=O) groups excluding carboxylic acids is 2. The van der Waals surface area contributed by atoms with Gasteiger partial charge in [-0.3, -0.25) is 19.2 Å². The first-order valence-corrected chi connectivity index (χ1v) is 12.0. The predicted octanol–water partition coefficient (Wildman–Crippen LogP) is 2.81. The second-order valence-electron chi connectivity index (χ2n) is 9.10. The molecule has 0 aliphatic carbocycles. The number of hydrogen-bond donors (Lipinski definition) is 3. The monoisotopic (exact) mass is 505 g/mol. The molecule has 37 heavy (non-hydrogen) atoms. The number of amides is 2. The highest BCUT2D eigenvalue weighted by molar-refractivity contribution is 6.06. The van der Waals surface area contributed by atoms with Crippen LogP contribution in [0.2, 0.25) is 0 Å². The number of methoxy groups -OCH3 is 1. The molecule has 1 aliphatic heterocycles. The molecule has 3 aromatic heterocycles. The summed E-state index contributed by atoms with van der Waals surface area (Å²) in [5.74, 6) is -1.50. The van der Waals surface area contributed by atoms with Crippen molar-refractivity contribution in [2.75, 3.05) is 38.6 Å². The van der Waals surface area contributed by atoms with E-state index in [-0.39, 0.29) is 28.8 Å². The Labute approximate surface area is 212 Å². The van der Waals surface area contributed by atoms with Crippen LogP contribution < -0.4 is 10.6 Å². The van der Waals surface area contributed by atoms with Gasteiger partial charge in [0.2, 0.25) is 0 Å². The number of pyridine rings is 1. The van der Waals surface area contributed by atoms with E-state index in [4.69, 9.17) is 4.74 Å². The number of likely N-dealkylation sites (tertiary alicyclic amines) is 1. The highest BCUT2D eigenvalue weighted by Gasteiger charge is 2.21. The molecule has 1 aromatic carbocycles. The molecule has 11 heteroatoms. The summed E-state index contributed by atoms with van der Waals surface area (Å²) < 4.78 is 21.5. The van der Waals surface area contributed by atoms with E-state index in [1.165, 1.54) is 24.4 Å². The van der Waals surface area contributed by atoms with Crippen molar-refractivity contribution in [3.8, 4) is 11.3 Å². The lowest BCUT2D eigenvalue weighted by Crippen LogP contribution is -2.34. The second kappa shape index (κ2) is 10.5. The molecule has 4 heterocycles. The third kappa shape index (κ3) is 5.52. The number of anilines is 1. The lowest BCUT2D eigenvalue weighted by atomic mass is 10.1. The van der Waals surface area contributed by atoms with Gasteiger partial charge >= 0.3 is 0 Å². The molecule has 1 atom stereocenters. The van der Waals surface area contributed by atoms with Gasteiger partial charge in [-0.15, -0.1) is 0 Å². The Morgan fingerprint density at radius 3 is 2.81 bits per heavy atom. The zero-order valence-electron chi connectivity index (χ0n) is 20.6. The smallest absolute Gasteiger partial charge is 0.257 e. The number of H-pyrrole nitrogens is 1. The molecule has 0 bridgehead atoms. The molecule has 192 valence electrons. The lowest BCUT2D eigenvalue weighted by molar-refractivity contribution is 0.0942. The van der Waals surface area contributed by atoms with Crippen LogP contribution in [0.1, 0.15) is 27.1 Å². The molecule has 4 aromatic rings. The van der Waals surface area contributed by atoms with Crippen molar-refractivity contribution >= 4 is 28.5 Å². The third-order valence-electron chi connectivity index (χ3n) is 6.50. The Morgan fingerprint density at radius 2 is 2.05 bits per heavy atom. The number of carbonyl (C=O) groups is 2.